The van der Waals surface area contributed by atoms with Gasteiger partial charge in [-0.05, 0) is 31.1 Å². The number of unbranched alkanes of at least 4 members (excludes halogenated alkanes) is 31. The van der Waals surface area contributed by atoms with E-state index in [1.165, 1.54) is 173 Å². The van der Waals surface area contributed by atoms with Gasteiger partial charge in [0.1, 0.15) is 13.2 Å². The lowest BCUT2D eigenvalue weighted by molar-refractivity contribution is -0.167. The Kier molecular flexibility index (Phi) is 43.7. The average Bonchev–Trinajstić information content (AvgIpc) is 3.19. The minimum atomic E-state index is -0.761. The fraction of sp³-hybridized carbons (Fsp3) is 0.942. The third kappa shape index (κ3) is 45.5. The van der Waals surface area contributed by atoms with Crippen molar-refractivity contribution in [2.24, 2.45) is 11.8 Å². The summed E-state index contributed by atoms with van der Waals surface area (Å²) in [6, 6.07) is 0. The van der Waals surface area contributed by atoms with Gasteiger partial charge in [-0.3, -0.25) is 14.4 Å². The lowest BCUT2D eigenvalue weighted by atomic mass is 10.0. The molecule has 1 atom stereocenters. The maximum atomic E-state index is 12.8. The topological polar surface area (TPSA) is 78.9 Å². The van der Waals surface area contributed by atoms with Crippen molar-refractivity contribution in [3.63, 3.8) is 0 Å². The molecule has 0 radical (unpaired) electrons. The Morgan fingerprint density at radius 1 is 0.328 bits per heavy atom. The van der Waals surface area contributed by atoms with Crippen LogP contribution in [0.1, 0.15) is 285 Å². The van der Waals surface area contributed by atoms with E-state index in [2.05, 4.69) is 34.6 Å². The summed E-state index contributed by atoms with van der Waals surface area (Å²) in [7, 11) is 0. The van der Waals surface area contributed by atoms with Crippen LogP contribution in [0.4, 0.5) is 0 Å². The fourth-order valence-corrected chi connectivity index (χ4v) is 7.81. The number of hydrogen-bond acceptors (Lipinski definition) is 6. The van der Waals surface area contributed by atoms with E-state index >= 15 is 0 Å². The van der Waals surface area contributed by atoms with Crippen molar-refractivity contribution in [2.75, 3.05) is 13.2 Å². The molecule has 0 saturated carbocycles. The Morgan fingerprint density at radius 3 is 0.845 bits per heavy atom. The normalized spacial score (nSPS) is 12.1. The SMILES string of the molecule is CCCCCCCCCCCCCCC(=O)OC[C@H](COC(=O)CCCCCCCCCCCCCC(C)C)OC(=O)CCCCCCCCCCCCCC(C)C. The summed E-state index contributed by atoms with van der Waals surface area (Å²) >= 11 is 0. The predicted octanol–water partition coefficient (Wildman–Crippen LogP) is 16.5. The number of ether oxygens (including phenoxy) is 3. The number of esters is 3. The minimum Gasteiger partial charge on any atom is -0.462 e. The largest absolute Gasteiger partial charge is 0.462 e. The number of carbonyl (C=O) groups excluding carboxylic acids is 3. The minimum absolute atomic E-state index is 0.0637. The molecule has 0 saturated heterocycles. The van der Waals surface area contributed by atoms with Crippen molar-refractivity contribution in [2.45, 2.75) is 291 Å². The van der Waals surface area contributed by atoms with E-state index < -0.39 is 6.10 Å². The van der Waals surface area contributed by atoms with Crippen molar-refractivity contribution < 1.29 is 28.6 Å². The summed E-state index contributed by atoms with van der Waals surface area (Å²) in [6.07, 6.45) is 45.1. The molecule has 0 aliphatic carbocycles. The molecule has 0 heterocycles. The molecule has 344 valence electrons. The van der Waals surface area contributed by atoms with Crippen LogP contribution in [-0.4, -0.2) is 37.2 Å². The second-order valence-electron chi connectivity index (χ2n) is 18.8. The number of hydrogen-bond donors (Lipinski definition) is 0. The number of rotatable bonds is 46. The van der Waals surface area contributed by atoms with Crippen molar-refractivity contribution in [3.05, 3.63) is 0 Å². The molecule has 0 rings (SSSR count). The Bertz CT molecular complexity index is 885. The van der Waals surface area contributed by atoms with Gasteiger partial charge in [0.25, 0.3) is 0 Å². The first kappa shape index (κ1) is 56.4. The lowest BCUT2D eigenvalue weighted by Crippen LogP contribution is -2.30. The Hall–Kier alpha value is -1.59. The van der Waals surface area contributed by atoms with Gasteiger partial charge in [-0.25, -0.2) is 0 Å². The monoisotopic (exact) mass is 821 g/mol. The van der Waals surface area contributed by atoms with E-state index in [0.717, 1.165) is 69.6 Å². The molecular weight excluding hydrogens is 721 g/mol. The van der Waals surface area contributed by atoms with Crippen LogP contribution in [-0.2, 0) is 28.6 Å². The molecule has 0 N–H and O–H groups in total. The summed E-state index contributed by atoms with van der Waals surface area (Å²) in [5.74, 6) is 0.803. The zero-order chi connectivity index (χ0) is 42.6. The van der Waals surface area contributed by atoms with Gasteiger partial charge in [0.2, 0.25) is 0 Å². The highest BCUT2D eigenvalue weighted by atomic mass is 16.6. The van der Waals surface area contributed by atoms with E-state index in [9.17, 15) is 14.4 Å². The van der Waals surface area contributed by atoms with Crippen LogP contribution >= 0.6 is 0 Å². The number of carbonyl (C=O) groups is 3. The quantitative estimate of drug-likeness (QED) is 0.0346. The van der Waals surface area contributed by atoms with E-state index in [1.54, 1.807) is 0 Å². The van der Waals surface area contributed by atoms with Gasteiger partial charge >= 0.3 is 17.9 Å². The van der Waals surface area contributed by atoms with Crippen molar-refractivity contribution in [1.29, 1.82) is 0 Å². The maximum absolute atomic E-state index is 12.8. The molecule has 0 spiro atoms. The Labute approximate surface area is 361 Å². The second-order valence-corrected chi connectivity index (χ2v) is 18.8. The van der Waals surface area contributed by atoms with Crippen LogP contribution in [0.3, 0.4) is 0 Å². The molecule has 0 aliphatic rings. The predicted molar refractivity (Wildman–Crippen MR) is 247 cm³/mol. The van der Waals surface area contributed by atoms with Crippen LogP contribution < -0.4 is 0 Å². The zero-order valence-corrected chi connectivity index (χ0v) is 39.7. The van der Waals surface area contributed by atoms with Crippen molar-refractivity contribution >= 4 is 17.9 Å². The summed E-state index contributed by atoms with van der Waals surface area (Å²) in [5, 5.41) is 0. The standard InChI is InChI=1S/C52H100O6/c1-6-7-8-9-10-11-12-17-22-27-32-37-42-50(53)56-45-49(58-52(55)44-39-34-29-24-19-14-16-21-26-31-36-41-48(4)5)46-57-51(54)43-38-33-28-23-18-13-15-20-25-30-35-40-47(2)3/h47-49H,6-46H2,1-5H3/t49-/m1/s1. The fourth-order valence-electron chi connectivity index (χ4n) is 7.81. The second kappa shape index (κ2) is 44.9. The first-order valence-corrected chi connectivity index (χ1v) is 25.7. The molecule has 0 aromatic heterocycles. The smallest absolute Gasteiger partial charge is 0.306 e. The van der Waals surface area contributed by atoms with Crippen LogP contribution in [0.5, 0.6) is 0 Å². The average molecular weight is 821 g/mol. The molecule has 6 nitrogen and oxygen atoms in total. The zero-order valence-electron chi connectivity index (χ0n) is 39.7. The highest BCUT2D eigenvalue weighted by molar-refractivity contribution is 5.71. The van der Waals surface area contributed by atoms with Gasteiger partial charge in [-0.15, -0.1) is 0 Å². The third-order valence-corrected chi connectivity index (χ3v) is 11.7. The third-order valence-electron chi connectivity index (χ3n) is 11.7. The van der Waals surface area contributed by atoms with Crippen LogP contribution in [0.15, 0.2) is 0 Å². The summed E-state index contributed by atoms with van der Waals surface area (Å²) in [4.78, 5) is 37.9. The Balaban J connectivity index is 4.32. The molecule has 0 unspecified atom stereocenters. The van der Waals surface area contributed by atoms with Gasteiger partial charge in [-0.1, -0.05) is 247 Å². The molecule has 58 heavy (non-hydrogen) atoms. The van der Waals surface area contributed by atoms with Gasteiger partial charge < -0.3 is 14.2 Å². The van der Waals surface area contributed by atoms with Crippen LogP contribution in [0, 0.1) is 11.8 Å². The molecule has 0 amide bonds. The summed E-state index contributed by atoms with van der Waals surface area (Å²) < 4.78 is 16.8. The van der Waals surface area contributed by atoms with E-state index in [0.29, 0.717) is 19.3 Å². The molecular formula is C52H100O6. The van der Waals surface area contributed by atoms with Crippen molar-refractivity contribution in [3.8, 4) is 0 Å². The van der Waals surface area contributed by atoms with Crippen LogP contribution in [0.2, 0.25) is 0 Å². The van der Waals surface area contributed by atoms with Gasteiger partial charge in [0.15, 0.2) is 6.10 Å². The summed E-state index contributed by atoms with van der Waals surface area (Å²) in [6.45, 7) is 11.4. The van der Waals surface area contributed by atoms with Gasteiger partial charge in [0, 0.05) is 19.3 Å². The Morgan fingerprint density at radius 2 is 0.569 bits per heavy atom. The molecule has 0 aromatic rings. The van der Waals surface area contributed by atoms with Crippen LogP contribution in [0.25, 0.3) is 0 Å². The van der Waals surface area contributed by atoms with E-state index in [-0.39, 0.29) is 31.1 Å². The molecule has 0 aromatic carbocycles. The maximum Gasteiger partial charge on any atom is 0.306 e. The molecule has 6 heteroatoms. The van der Waals surface area contributed by atoms with Crippen molar-refractivity contribution in [1.82, 2.24) is 0 Å². The molecule has 0 fully saturated rings. The van der Waals surface area contributed by atoms with Gasteiger partial charge in [0.05, 0.1) is 0 Å². The molecule has 0 bridgehead atoms. The highest BCUT2D eigenvalue weighted by Gasteiger charge is 2.19. The summed E-state index contributed by atoms with van der Waals surface area (Å²) in [5.41, 5.74) is 0. The molecule has 0 aliphatic heterocycles. The first-order valence-electron chi connectivity index (χ1n) is 25.7. The van der Waals surface area contributed by atoms with E-state index in [4.69, 9.17) is 14.2 Å². The van der Waals surface area contributed by atoms with E-state index in [1.807, 2.05) is 0 Å². The highest BCUT2D eigenvalue weighted by Crippen LogP contribution is 2.17. The first-order chi connectivity index (χ1) is 28.2. The van der Waals surface area contributed by atoms with Gasteiger partial charge in [-0.2, -0.15) is 0 Å². The lowest BCUT2D eigenvalue weighted by Gasteiger charge is -2.18.